The summed E-state index contributed by atoms with van der Waals surface area (Å²) >= 11 is 0. The molecule has 0 aliphatic carbocycles. The van der Waals surface area contributed by atoms with Gasteiger partial charge in [-0.2, -0.15) is 0 Å². The highest BCUT2D eigenvalue weighted by atomic mass is 16.3. The SMILES string of the molecule is Cn1c(=O)n(C)c2cc(CNC(C)(C)CO)ccc21. The molecule has 19 heavy (non-hydrogen) atoms. The van der Waals surface area contributed by atoms with Gasteiger partial charge in [0.1, 0.15) is 0 Å². The van der Waals surface area contributed by atoms with E-state index in [4.69, 9.17) is 0 Å². The first-order chi connectivity index (χ1) is 8.85. The molecule has 1 aromatic heterocycles. The maximum absolute atomic E-state index is 11.8. The zero-order valence-electron chi connectivity index (χ0n) is 11.9. The van der Waals surface area contributed by atoms with E-state index in [1.165, 1.54) is 0 Å². The van der Waals surface area contributed by atoms with Crippen molar-refractivity contribution >= 4 is 11.0 Å². The molecule has 0 amide bonds. The molecule has 0 fully saturated rings. The fourth-order valence-electron chi connectivity index (χ4n) is 2.06. The molecule has 104 valence electrons. The number of rotatable bonds is 4. The van der Waals surface area contributed by atoms with E-state index in [0.29, 0.717) is 6.54 Å². The van der Waals surface area contributed by atoms with Gasteiger partial charge in [-0.05, 0) is 31.5 Å². The first kappa shape index (κ1) is 13.8. The van der Waals surface area contributed by atoms with Crippen molar-refractivity contribution < 1.29 is 5.11 Å². The van der Waals surface area contributed by atoms with E-state index in [1.54, 1.807) is 23.2 Å². The predicted molar refractivity (Wildman–Crippen MR) is 76.2 cm³/mol. The third kappa shape index (κ3) is 2.57. The van der Waals surface area contributed by atoms with Crippen LogP contribution in [0.4, 0.5) is 0 Å². The minimum Gasteiger partial charge on any atom is -0.394 e. The van der Waals surface area contributed by atoms with Crippen LogP contribution in [0.3, 0.4) is 0 Å². The van der Waals surface area contributed by atoms with E-state index >= 15 is 0 Å². The summed E-state index contributed by atoms with van der Waals surface area (Å²) in [6, 6.07) is 5.97. The summed E-state index contributed by atoms with van der Waals surface area (Å²) in [5.74, 6) is 0. The highest BCUT2D eigenvalue weighted by Crippen LogP contribution is 2.14. The maximum atomic E-state index is 11.8. The van der Waals surface area contributed by atoms with Crippen molar-refractivity contribution in [1.29, 1.82) is 0 Å². The normalized spacial score (nSPS) is 12.3. The molecule has 2 rings (SSSR count). The second-order valence-corrected chi connectivity index (χ2v) is 5.62. The Balaban J connectivity index is 2.32. The second-order valence-electron chi connectivity index (χ2n) is 5.62. The van der Waals surface area contributed by atoms with Crippen molar-refractivity contribution in [2.75, 3.05) is 6.61 Å². The summed E-state index contributed by atoms with van der Waals surface area (Å²) in [5, 5.41) is 12.5. The molecule has 2 N–H and O–H groups in total. The number of aryl methyl sites for hydroxylation is 2. The van der Waals surface area contributed by atoms with Crippen molar-refractivity contribution in [2.24, 2.45) is 14.1 Å². The molecule has 0 spiro atoms. The average Bonchev–Trinajstić information content (AvgIpc) is 2.62. The molecule has 0 aliphatic rings. The van der Waals surface area contributed by atoms with Crippen molar-refractivity contribution in [3.05, 3.63) is 34.2 Å². The van der Waals surface area contributed by atoms with Crippen LogP contribution >= 0.6 is 0 Å². The van der Waals surface area contributed by atoms with Crippen LogP contribution in [-0.4, -0.2) is 26.4 Å². The van der Waals surface area contributed by atoms with E-state index < -0.39 is 0 Å². The monoisotopic (exact) mass is 263 g/mol. The molecule has 5 heteroatoms. The second kappa shape index (κ2) is 4.83. The molecule has 0 saturated carbocycles. The molecule has 0 aliphatic heterocycles. The Kier molecular flexibility index (Phi) is 3.52. The maximum Gasteiger partial charge on any atom is 0.328 e. The molecule has 0 unspecified atom stereocenters. The smallest absolute Gasteiger partial charge is 0.328 e. The molecular formula is C14H21N3O2. The lowest BCUT2D eigenvalue weighted by atomic mass is 10.1. The Labute approximate surface area is 112 Å². The zero-order chi connectivity index (χ0) is 14.2. The lowest BCUT2D eigenvalue weighted by molar-refractivity contribution is 0.187. The summed E-state index contributed by atoms with van der Waals surface area (Å²) in [6.45, 7) is 4.64. The molecule has 2 aromatic rings. The van der Waals surface area contributed by atoms with Crippen LogP contribution in [0.1, 0.15) is 19.4 Å². The van der Waals surface area contributed by atoms with Gasteiger partial charge < -0.3 is 10.4 Å². The van der Waals surface area contributed by atoms with Crippen LogP contribution in [-0.2, 0) is 20.6 Å². The van der Waals surface area contributed by atoms with Crippen LogP contribution in [0.2, 0.25) is 0 Å². The highest BCUT2D eigenvalue weighted by molar-refractivity contribution is 5.76. The summed E-state index contributed by atoms with van der Waals surface area (Å²) in [4.78, 5) is 11.8. The Morgan fingerprint density at radius 2 is 1.84 bits per heavy atom. The highest BCUT2D eigenvalue weighted by Gasteiger charge is 2.15. The predicted octanol–water partition coefficient (Wildman–Crippen LogP) is 0.737. The van der Waals surface area contributed by atoms with Gasteiger partial charge in [-0.1, -0.05) is 6.07 Å². The van der Waals surface area contributed by atoms with Gasteiger partial charge in [-0.3, -0.25) is 9.13 Å². The molecule has 0 bridgehead atoms. The van der Waals surface area contributed by atoms with Crippen molar-refractivity contribution in [3.63, 3.8) is 0 Å². The summed E-state index contributed by atoms with van der Waals surface area (Å²) in [5.41, 5.74) is 2.62. The molecule has 0 saturated heterocycles. The van der Waals surface area contributed by atoms with Crippen molar-refractivity contribution in [3.8, 4) is 0 Å². The number of nitrogens with one attached hydrogen (secondary N) is 1. The Morgan fingerprint density at radius 1 is 1.21 bits per heavy atom. The Morgan fingerprint density at radius 3 is 2.47 bits per heavy atom. The molecule has 5 nitrogen and oxygen atoms in total. The van der Waals surface area contributed by atoms with Crippen LogP contribution in [0.15, 0.2) is 23.0 Å². The number of imidazole rings is 1. The number of aliphatic hydroxyl groups is 1. The van der Waals surface area contributed by atoms with E-state index in [1.807, 2.05) is 32.0 Å². The van der Waals surface area contributed by atoms with Gasteiger partial charge in [0.25, 0.3) is 0 Å². The number of hydrogen-bond donors (Lipinski definition) is 2. The van der Waals surface area contributed by atoms with E-state index in [9.17, 15) is 9.90 Å². The van der Waals surface area contributed by atoms with Gasteiger partial charge in [-0.25, -0.2) is 4.79 Å². The van der Waals surface area contributed by atoms with E-state index in [0.717, 1.165) is 16.6 Å². The Hall–Kier alpha value is -1.59. The Bertz CT molecular complexity index is 652. The molecular weight excluding hydrogens is 242 g/mol. The largest absolute Gasteiger partial charge is 0.394 e. The van der Waals surface area contributed by atoms with Gasteiger partial charge in [0.05, 0.1) is 17.6 Å². The van der Waals surface area contributed by atoms with Crippen LogP contribution in [0, 0.1) is 0 Å². The van der Waals surface area contributed by atoms with E-state index in [2.05, 4.69) is 5.32 Å². The number of nitrogens with zero attached hydrogens (tertiary/aromatic N) is 2. The zero-order valence-corrected chi connectivity index (χ0v) is 11.9. The summed E-state index contributed by atoms with van der Waals surface area (Å²) in [7, 11) is 3.55. The van der Waals surface area contributed by atoms with Crippen molar-refractivity contribution in [1.82, 2.24) is 14.5 Å². The minimum atomic E-state index is -0.308. The lowest BCUT2D eigenvalue weighted by Gasteiger charge is -2.23. The van der Waals surface area contributed by atoms with Gasteiger partial charge in [-0.15, -0.1) is 0 Å². The quantitative estimate of drug-likeness (QED) is 0.855. The fourth-order valence-corrected chi connectivity index (χ4v) is 2.06. The number of hydrogen-bond acceptors (Lipinski definition) is 3. The number of fused-ring (bicyclic) bond motifs is 1. The average molecular weight is 263 g/mol. The topological polar surface area (TPSA) is 59.2 Å². The number of aromatic nitrogens is 2. The lowest BCUT2D eigenvalue weighted by Crippen LogP contribution is -2.42. The van der Waals surface area contributed by atoms with Crippen LogP contribution in [0.25, 0.3) is 11.0 Å². The first-order valence-corrected chi connectivity index (χ1v) is 6.36. The van der Waals surface area contributed by atoms with E-state index in [-0.39, 0.29) is 17.8 Å². The van der Waals surface area contributed by atoms with Gasteiger partial charge in [0, 0.05) is 26.2 Å². The summed E-state index contributed by atoms with van der Waals surface area (Å²) in [6.07, 6.45) is 0. The van der Waals surface area contributed by atoms with Gasteiger partial charge in [0.2, 0.25) is 0 Å². The van der Waals surface area contributed by atoms with Crippen LogP contribution in [0.5, 0.6) is 0 Å². The van der Waals surface area contributed by atoms with Crippen molar-refractivity contribution in [2.45, 2.75) is 25.9 Å². The number of benzene rings is 1. The molecule has 0 radical (unpaired) electrons. The third-order valence-corrected chi connectivity index (χ3v) is 3.50. The van der Waals surface area contributed by atoms with Crippen LogP contribution < -0.4 is 11.0 Å². The molecule has 1 aromatic carbocycles. The van der Waals surface area contributed by atoms with Gasteiger partial charge >= 0.3 is 5.69 Å². The third-order valence-electron chi connectivity index (χ3n) is 3.50. The standard InChI is InChI=1S/C14H21N3O2/c1-14(2,9-18)15-8-10-5-6-11-12(7-10)17(4)13(19)16(11)3/h5-7,15,18H,8-9H2,1-4H3. The minimum absolute atomic E-state index is 0.0178. The summed E-state index contributed by atoms with van der Waals surface area (Å²) < 4.78 is 3.29. The van der Waals surface area contributed by atoms with Gasteiger partial charge in [0.15, 0.2) is 0 Å². The fraction of sp³-hybridized carbons (Fsp3) is 0.500. The number of aliphatic hydroxyl groups excluding tert-OH is 1. The molecule has 0 atom stereocenters. The molecule has 1 heterocycles. The first-order valence-electron chi connectivity index (χ1n) is 6.36.